The molecule has 0 aromatic heterocycles. The van der Waals surface area contributed by atoms with E-state index in [4.69, 9.17) is 9.47 Å². The molecule has 112 valence electrons. The lowest BCUT2D eigenvalue weighted by Gasteiger charge is -2.61. The quantitative estimate of drug-likeness (QED) is 0.653. The van der Waals surface area contributed by atoms with Crippen molar-refractivity contribution in [2.24, 2.45) is 11.3 Å². The first-order valence-corrected chi connectivity index (χ1v) is 8.11. The summed E-state index contributed by atoms with van der Waals surface area (Å²) in [4.78, 5) is 0. The molecule has 1 spiro atoms. The minimum absolute atomic E-state index is 0.495. The average molecular weight is 269 g/mol. The van der Waals surface area contributed by atoms with Gasteiger partial charge in [0, 0.05) is 31.3 Å². The number of ether oxygens (including phenoxy) is 2. The van der Waals surface area contributed by atoms with Gasteiger partial charge in [0.05, 0.1) is 6.10 Å². The Hall–Kier alpha value is -0.120. The van der Waals surface area contributed by atoms with Crippen molar-refractivity contribution in [3.8, 4) is 0 Å². The molecule has 2 atom stereocenters. The molecule has 0 radical (unpaired) electrons. The minimum Gasteiger partial charge on any atom is -0.381 e. The van der Waals surface area contributed by atoms with E-state index >= 15 is 0 Å². The summed E-state index contributed by atoms with van der Waals surface area (Å²) in [6.45, 7) is 10.2. The van der Waals surface area contributed by atoms with Gasteiger partial charge in [-0.25, -0.2) is 0 Å². The third-order valence-electron chi connectivity index (χ3n) is 4.74. The lowest BCUT2D eigenvalue weighted by atomic mass is 9.51. The summed E-state index contributed by atoms with van der Waals surface area (Å²) >= 11 is 0. The third kappa shape index (κ3) is 3.50. The molecule has 2 fully saturated rings. The molecular weight excluding hydrogens is 238 g/mol. The molecule has 0 heterocycles. The van der Waals surface area contributed by atoms with Gasteiger partial charge in [0.25, 0.3) is 0 Å². The molecule has 2 saturated carbocycles. The molecule has 2 aliphatic carbocycles. The van der Waals surface area contributed by atoms with Crippen LogP contribution in [0.2, 0.25) is 0 Å². The van der Waals surface area contributed by atoms with Gasteiger partial charge in [0.1, 0.15) is 0 Å². The first-order valence-electron chi connectivity index (χ1n) is 8.11. The molecule has 2 rings (SSSR count). The highest BCUT2D eigenvalue weighted by Crippen LogP contribution is 2.57. The lowest BCUT2D eigenvalue weighted by Crippen LogP contribution is -2.67. The fraction of sp³-hybridized carbons (Fsp3) is 1.00. The topological polar surface area (TPSA) is 30.5 Å². The van der Waals surface area contributed by atoms with E-state index in [-0.39, 0.29) is 0 Å². The van der Waals surface area contributed by atoms with E-state index < -0.39 is 0 Å². The highest BCUT2D eigenvalue weighted by atomic mass is 16.5. The fourth-order valence-corrected chi connectivity index (χ4v) is 3.49. The fourth-order valence-electron chi connectivity index (χ4n) is 3.49. The molecule has 0 bridgehead atoms. The van der Waals surface area contributed by atoms with Gasteiger partial charge in [0.2, 0.25) is 0 Å². The Kier molecular flexibility index (Phi) is 5.67. The maximum absolute atomic E-state index is 5.87. The van der Waals surface area contributed by atoms with Crippen molar-refractivity contribution in [2.75, 3.05) is 26.4 Å². The van der Waals surface area contributed by atoms with Gasteiger partial charge in [0.15, 0.2) is 0 Å². The van der Waals surface area contributed by atoms with Crippen LogP contribution in [-0.4, -0.2) is 38.5 Å². The normalized spacial score (nSPS) is 28.4. The molecule has 3 nitrogen and oxygen atoms in total. The second-order valence-corrected chi connectivity index (χ2v) is 6.60. The van der Waals surface area contributed by atoms with Crippen LogP contribution in [0, 0.1) is 11.3 Å². The maximum Gasteiger partial charge on any atom is 0.0661 e. The molecule has 0 saturated heterocycles. The van der Waals surface area contributed by atoms with Crippen LogP contribution in [0.4, 0.5) is 0 Å². The van der Waals surface area contributed by atoms with Crippen LogP contribution in [0.5, 0.6) is 0 Å². The van der Waals surface area contributed by atoms with Crippen LogP contribution in [0.15, 0.2) is 0 Å². The molecule has 3 heteroatoms. The second kappa shape index (κ2) is 7.05. The van der Waals surface area contributed by atoms with E-state index in [0.29, 0.717) is 23.5 Å². The van der Waals surface area contributed by atoms with Gasteiger partial charge in [-0.1, -0.05) is 20.3 Å². The number of nitrogens with one attached hydrogen (secondary N) is 1. The SMILES string of the molecule is CCOC1CC(NCCCOCC(C)C)C12CCC2. The Morgan fingerprint density at radius 3 is 2.68 bits per heavy atom. The van der Waals surface area contributed by atoms with Crippen LogP contribution in [0.3, 0.4) is 0 Å². The lowest BCUT2D eigenvalue weighted by molar-refractivity contribution is -0.172. The highest BCUT2D eigenvalue weighted by molar-refractivity contribution is 5.11. The van der Waals surface area contributed by atoms with E-state index in [1.165, 1.54) is 25.7 Å². The number of hydrogen-bond donors (Lipinski definition) is 1. The van der Waals surface area contributed by atoms with Crippen molar-refractivity contribution in [2.45, 2.75) is 65.0 Å². The first kappa shape index (κ1) is 15.3. The summed E-state index contributed by atoms with van der Waals surface area (Å²) in [6, 6.07) is 0.697. The van der Waals surface area contributed by atoms with E-state index in [2.05, 4.69) is 26.1 Å². The van der Waals surface area contributed by atoms with Gasteiger partial charge < -0.3 is 14.8 Å². The predicted octanol–water partition coefficient (Wildman–Crippen LogP) is 2.99. The Balaban J connectivity index is 1.57. The van der Waals surface area contributed by atoms with Crippen LogP contribution >= 0.6 is 0 Å². The summed E-state index contributed by atoms with van der Waals surface area (Å²) in [5.41, 5.74) is 0.495. The summed E-state index contributed by atoms with van der Waals surface area (Å²) in [6.07, 6.45) is 6.97. The predicted molar refractivity (Wildman–Crippen MR) is 78.4 cm³/mol. The molecule has 1 N–H and O–H groups in total. The summed E-state index contributed by atoms with van der Waals surface area (Å²) < 4.78 is 11.5. The second-order valence-electron chi connectivity index (χ2n) is 6.60. The summed E-state index contributed by atoms with van der Waals surface area (Å²) in [7, 11) is 0. The van der Waals surface area contributed by atoms with Crippen molar-refractivity contribution in [1.29, 1.82) is 0 Å². The monoisotopic (exact) mass is 269 g/mol. The zero-order valence-electron chi connectivity index (χ0n) is 12.9. The van der Waals surface area contributed by atoms with Gasteiger partial charge >= 0.3 is 0 Å². The molecule has 2 unspecified atom stereocenters. The molecule has 0 aromatic carbocycles. The maximum atomic E-state index is 5.87. The highest BCUT2D eigenvalue weighted by Gasteiger charge is 2.58. The smallest absolute Gasteiger partial charge is 0.0661 e. The Labute approximate surface area is 118 Å². The number of rotatable bonds is 9. The van der Waals surface area contributed by atoms with Gasteiger partial charge in [-0.3, -0.25) is 0 Å². The molecular formula is C16H31NO2. The summed E-state index contributed by atoms with van der Waals surface area (Å²) in [5.74, 6) is 0.643. The molecule has 0 aliphatic heterocycles. The van der Waals surface area contributed by atoms with Crippen LogP contribution in [0.25, 0.3) is 0 Å². The van der Waals surface area contributed by atoms with Gasteiger partial charge in [-0.2, -0.15) is 0 Å². The van der Waals surface area contributed by atoms with Crippen LogP contribution in [-0.2, 0) is 9.47 Å². The zero-order valence-corrected chi connectivity index (χ0v) is 12.9. The van der Waals surface area contributed by atoms with E-state index in [1.54, 1.807) is 0 Å². The van der Waals surface area contributed by atoms with Crippen LogP contribution < -0.4 is 5.32 Å². The van der Waals surface area contributed by atoms with E-state index in [9.17, 15) is 0 Å². The van der Waals surface area contributed by atoms with Gasteiger partial charge in [-0.05, 0) is 45.1 Å². The molecule has 2 aliphatic rings. The third-order valence-corrected chi connectivity index (χ3v) is 4.74. The van der Waals surface area contributed by atoms with E-state index in [0.717, 1.165) is 32.8 Å². The van der Waals surface area contributed by atoms with Crippen molar-refractivity contribution in [3.05, 3.63) is 0 Å². The Morgan fingerprint density at radius 1 is 1.32 bits per heavy atom. The molecule has 19 heavy (non-hydrogen) atoms. The number of hydrogen-bond acceptors (Lipinski definition) is 3. The Morgan fingerprint density at radius 2 is 2.11 bits per heavy atom. The van der Waals surface area contributed by atoms with Crippen molar-refractivity contribution in [3.63, 3.8) is 0 Å². The van der Waals surface area contributed by atoms with Gasteiger partial charge in [-0.15, -0.1) is 0 Å². The zero-order chi connectivity index (χ0) is 13.7. The van der Waals surface area contributed by atoms with Crippen molar-refractivity contribution in [1.82, 2.24) is 5.32 Å². The Bertz CT molecular complexity index is 263. The van der Waals surface area contributed by atoms with Crippen LogP contribution in [0.1, 0.15) is 52.9 Å². The first-order chi connectivity index (χ1) is 9.19. The molecule has 0 amide bonds. The minimum atomic E-state index is 0.495. The largest absolute Gasteiger partial charge is 0.381 e. The van der Waals surface area contributed by atoms with Crippen molar-refractivity contribution < 1.29 is 9.47 Å². The van der Waals surface area contributed by atoms with Crippen molar-refractivity contribution >= 4 is 0 Å². The summed E-state index contributed by atoms with van der Waals surface area (Å²) in [5, 5.41) is 3.73. The standard InChI is InChI=1S/C16H31NO2/c1-4-19-15-11-14(16(15)7-5-8-16)17-9-6-10-18-12-13(2)3/h13-15,17H,4-12H2,1-3H3. The van der Waals surface area contributed by atoms with E-state index in [1.807, 2.05) is 0 Å². The average Bonchev–Trinajstić information content (AvgIpc) is 2.28. The molecule has 0 aromatic rings.